The second-order valence-electron chi connectivity index (χ2n) is 3.45. The van der Waals surface area contributed by atoms with E-state index in [2.05, 4.69) is 21.3 Å². The SMILES string of the molecule is C1CNCCN1.C1CNCCN1.O.O.O.O=S(=O)(O)O. The van der Waals surface area contributed by atoms with Crippen LogP contribution in [0.1, 0.15) is 0 Å². The Balaban J connectivity index is -0.0000000899. The molecular weight excluding hydrogens is 296 g/mol. The number of piperazine rings is 2. The summed E-state index contributed by atoms with van der Waals surface area (Å²) < 4.78 is 31.6. The molecule has 2 heterocycles. The van der Waals surface area contributed by atoms with Gasteiger partial charge in [-0.15, -0.1) is 0 Å². The van der Waals surface area contributed by atoms with Crippen LogP contribution in [0.25, 0.3) is 0 Å². The van der Waals surface area contributed by atoms with Gasteiger partial charge >= 0.3 is 10.4 Å². The van der Waals surface area contributed by atoms with Gasteiger partial charge in [0.2, 0.25) is 0 Å². The fraction of sp³-hybridized carbons (Fsp3) is 1.00. The third-order valence-corrected chi connectivity index (χ3v) is 1.91. The lowest BCUT2D eigenvalue weighted by molar-refractivity contribution is 0.381. The molecule has 12 heteroatoms. The van der Waals surface area contributed by atoms with Crippen molar-refractivity contribution in [2.24, 2.45) is 0 Å². The Labute approximate surface area is 119 Å². The Bertz CT molecular complexity index is 215. The second-order valence-corrected chi connectivity index (χ2v) is 4.34. The van der Waals surface area contributed by atoms with E-state index in [1.807, 2.05) is 0 Å². The van der Waals surface area contributed by atoms with E-state index in [4.69, 9.17) is 17.5 Å². The molecule has 0 spiro atoms. The van der Waals surface area contributed by atoms with Crippen molar-refractivity contribution >= 4 is 10.4 Å². The molecule has 0 radical (unpaired) electrons. The molecule has 0 bridgehead atoms. The largest absolute Gasteiger partial charge is 0.412 e. The summed E-state index contributed by atoms with van der Waals surface area (Å²) in [4.78, 5) is 0. The third kappa shape index (κ3) is 36.0. The molecule has 2 aliphatic heterocycles. The maximum absolute atomic E-state index is 8.74. The molecular formula is C8H28N4O7S. The molecule has 0 unspecified atom stereocenters. The average molecular weight is 324 g/mol. The van der Waals surface area contributed by atoms with Crippen LogP contribution < -0.4 is 21.3 Å². The molecule has 0 aromatic heterocycles. The minimum Gasteiger partial charge on any atom is -0.412 e. The van der Waals surface area contributed by atoms with Crippen LogP contribution in [0.15, 0.2) is 0 Å². The second kappa shape index (κ2) is 18.6. The molecule has 20 heavy (non-hydrogen) atoms. The summed E-state index contributed by atoms with van der Waals surface area (Å²) >= 11 is 0. The normalized spacial score (nSPS) is 17.3. The highest BCUT2D eigenvalue weighted by Crippen LogP contribution is 1.66. The highest BCUT2D eigenvalue weighted by Gasteiger charge is 1.92. The zero-order valence-corrected chi connectivity index (χ0v) is 12.1. The van der Waals surface area contributed by atoms with Crippen LogP contribution >= 0.6 is 0 Å². The molecule has 0 atom stereocenters. The van der Waals surface area contributed by atoms with Gasteiger partial charge in [-0.05, 0) is 0 Å². The molecule has 11 nitrogen and oxygen atoms in total. The van der Waals surface area contributed by atoms with Crippen molar-refractivity contribution in [1.82, 2.24) is 21.3 Å². The summed E-state index contributed by atoms with van der Waals surface area (Å²) in [5.74, 6) is 0. The van der Waals surface area contributed by atoms with Crippen LogP contribution in [0.2, 0.25) is 0 Å². The zero-order chi connectivity index (χ0) is 13.0. The summed E-state index contributed by atoms with van der Waals surface area (Å²) in [5.41, 5.74) is 0. The molecule has 128 valence electrons. The predicted molar refractivity (Wildman–Crippen MR) is 76.5 cm³/mol. The minimum atomic E-state index is -4.67. The van der Waals surface area contributed by atoms with Gasteiger partial charge in [0, 0.05) is 52.4 Å². The molecule has 2 aliphatic rings. The average Bonchev–Trinajstić information content (AvgIpc) is 2.32. The van der Waals surface area contributed by atoms with Gasteiger partial charge in [0.1, 0.15) is 0 Å². The minimum absolute atomic E-state index is 0. The van der Waals surface area contributed by atoms with Crippen molar-refractivity contribution in [2.75, 3.05) is 52.4 Å². The number of nitrogens with one attached hydrogen (secondary N) is 4. The van der Waals surface area contributed by atoms with Crippen molar-refractivity contribution in [3.8, 4) is 0 Å². The van der Waals surface area contributed by atoms with E-state index in [0.717, 1.165) is 52.4 Å². The van der Waals surface area contributed by atoms with Gasteiger partial charge in [-0.3, -0.25) is 9.11 Å². The number of hydrogen-bond donors (Lipinski definition) is 6. The Morgan fingerprint density at radius 3 is 0.700 bits per heavy atom. The van der Waals surface area contributed by atoms with E-state index in [9.17, 15) is 0 Å². The highest BCUT2D eigenvalue weighted by molar-refractivity contribution is 7.79. The van der Waals surface area contributed by atoms with Crippen LogP contribution in [0, 0.1) is 0 Å². The highest BCUT2D eigenvalue weighted by atomic mass is 32.3. The summed E-state index contributed by atoms with van der Waals surface area (Å²) in [6.07, 6.45) is 0. The van der Waals surface area contributed by atoms with E-state index in [1.165, 1.54) is 0 Å². The third-order valence-electron chi connectivity index (χ3n) is 1.91. The first-order valence-electron chi connectivity index (χ1n) is 5.53. The Kier molecular flexibility index (Phi) is 25.9. The fourth-order valence-corrected chi connectivity index (χ4v) is 1.21. The molecule has 0 amide bonds. The maximum Gasteiger partial charge on any atom is 0.394 e. The molecule has 0 aromatic carbocycles. The quantitative estimate of drug-likeness (QED) is 0.237. The first kappa shape index (κ1) is 27.9. The molecule has 0 aliphatic carbocycles. The van der Waals surface area contributed by atoms with Crippen molar-refractivity contribution in [3.05, 3.63) is 0 Å². The Morgan fingerprint density at radius 2 is 0.650 bits per heavy atom. The Morgan fingerprint density at radius 1 is 0.550 bits per heavy atom. The van der Waals surface area contributed by atoms with E-state index in [0.29, 0.717) is 0 Å². The van der Waals surface area contributed by atoms with Crippen molar-refractivity contribution in [2.45, 2.75) is 0 Å². The van der Waals surface area contributed by atoms with Crippen molar-refractivity contribution in [1.29, 1.82) is 0 Å². The zero-order valence-electron chi connectivity index (χ0n) is 11.3. The summed E-state index contributed by atoms with van der Waals surface area (Å²) in [5, 5.41) is 12.9. The summed E-state index contributed by atoms with van der Waals surface area (Å²) in [6.45, 7) is 9.11. The van der Waals surface area contributed by atoms with E-state index in [1.54, 1.807) is 0 Å². The van der Waals surface area contributed by atoms with Crippen molar-refractivity contribution in [3.63, 3.8) is 0 Å². The van der Waals surface area contributed by atoms with Crippen LogP contribution in [0.5, 0.6) is 0 Å². The monoisotopic (exact) mass is 324 g/mol. The maximum atomic E-state index is 8.74. The van der Waals surface area contributed by atoms with E-state index in [-0.39, 0.29) is 16.4 Å². The van der Waals surface area contributed by atoms with Gasteiger partial charge in [0.05, 0.1) is 0 Å². The first-order valence-corrected chi connectivity index (χ1v) is 6.92. The van der Waals surface area contributed by atoms with Gasteiger partial charge < -0.3 is 37.7 Å². The van der Waals surface area contributed by atoms with Crippen LogP contribution in [-0.2, 0) is 10.4 Å². The number of hydrogen-bond acceptors (Lipinski definition) is 6. The van der Waals surface area contributed by atoms with Gasteiger partial charge in [0.25, 0.3) is 0 Å². The number of rotatable bonds is 0. The summed E-state index contributed by atoms with van der Waals surface area (Å²) in [6, 6.07) is 0. The Hall–Kier alpha value is -0.410. The van der Waals surface area contributed by atoms with Crippen LogP contribution in [0.4, 0.5) is 0 Å². The first-order chi connectivity index (χ1) is 8.00. The standard InChI is InChI=1S/2C4H10N2.H2O4S.3H2O/c2*1-2-6-4-3-5-1;1-5(2,3)4;;;/h2*5-6H,1-4H2;(H2,1,2,3,4);3*1H2. The molecule has 2 fully saturated rings. The molecule has 2 rings (SSSR count). The topological polar surface area (TPSA) is 217 Å². The van der Waals surface area contributed by atoms with Gasteiger partial charge in [0.15, 0.2) is 0 Å². The molecule has 2 saturated heterocycles. The lowest BCUT2D eigenvalue weighted by atomic mass is 10.4. The predicted octanol–water partition coefficient (Wildman–Crippen LogP) is -4.77. The van der Waals surface area contributed by atoms with Crippen LogP contribution in [-0.4, -0.2) is 86.3 Å². The van der Waals surface area contributed by atoms with Gasteiger partial charge in [-0.1, -0.05) is 0 Å². The van der Waals surface area contributed by atoms with Crippen molar-refractivity contribution < 1.29 is 34.0 Å². The van der Waals surface area contributed by atoms with Crippen LogP contribution in [0.3, 0.4) is 0 Å². The van der Waals surface area contributed by atoms with Gasteiger partial charge in [-0.2, -0.15) is 8.42 Å². The van der Waals surface area contributed by atoms with E-state index >= 15 is 0 Å². The lowest BCUT2D eigenvalue weighted by Gasteiger charge is -2.11. The molecule has 0 saturated carbocycles. The summed E-state index contributed by atoms with van der Waals surface area (Å²) in [7, 11) is -4.67. The molecule has 12 N–H and O–H groups in total. The molecule has 0 aromatic rings. The van der Waals surface area contributed by atoms with Gasteiger partial charge in [-0.25, -0.2) is 0 Å². The fourth-order valence-electron chi connectivity index (χ4n) is 1.21. The lowest BCUT2D eigenvalue weighted by Crippen LogP contribution is -2.39. The van der Waals surface area contributed by atoms with E-state index < -0.39 is 10.4 Å². The smallest absolute Gasteiger partial charge is 0.394 e.